The SMILES string of the molecule is COC(=O)C1CC(S)CN1C(=O)OC(C)(C)C. The third kappa shape index (κ3) is 3.80. The van der Waals surface area contributed by atoms with Crippen molar-refractivity contribution in [3.63, 3.8) is 0 Å². The number of carbonyl (C=O) groups is 2. The maximum atomic E-state index is 11.9. The van der Waals surface area contributed by atoms with Crippen molar-refractivity contribution in [2.75, 3.05) is 13.7 Å². The average molecular weight is 261 g/mol. The van der Waals surface area contributed by atoms with Crippen molar-refractivity contribution in [3.05, 3.63) is 0 Å². The first-order valence-corrected chi connectivity index (χ1v) is 6.01. The summed E-state index contributed by atoms with van der Waals surface area (Å²) < 4.78 is 9.91. The summed E-state index contributed by atoms with van der Waals surface area (Å²) in [6, 6.07) is -0.586. The van der Waals surface area contributed by atoms with Crippen molar-refractivity contribution < 1.29 is 19.1 Å². The lowest BCUT2D eigenvalue weighted by atomic mass is 10.2. The lowest BCUT2D eigenvalue weighted by Gasteiger charge is -2.27. The first-order valence-electron chi connectivity index (χ1n) is 5.50. The predicted octanol–water partition coefficient (Wildman–Crippen LogP) is 1.47. The summed E-state index contributed by atoms with van der Waals surface area (Å²) in [7, 11) is 1.31. The maximum absolute atomic E-state index is 11.9. The predicted molar refractivity (Wildman–Crippen MR) is 66.1 cm³/mol. The zero-order valence-corrected chi connectivity index (χ0v) is 11.5. The molecule has 0 bridgehead atoms. The first-order chi connectivity index (χ1) is 7.74. The van der Waals surface area contributed by atoms with Gasteiger partial charge in [0.25, 0.3) is 0 Å². The molecule has 1 aliphatic heterocycles. The summed E-state index contributed by atoms with van der Waals surface area (Å²) in [5.74, 6) is -0.424. The maximum Gasteiger partial charge on any atom is 0.411 e. The van der Waals surface area contributed by atoms with E-state index in [9.17, 15) is 9.59 Å². The number of amides is 1. The van der Waals surface area contributed by atoms with Crippen LogP contribution in [0.15, 0.2) is 0 Å². The van der Waals surface area contributed by atoms with Crippen LogP contribution >= 0.6 is 12.6 Å². The van der Waals surface area contributed by atoms with Gasteiger partial charge in [-0.05, 0) is 27.2 Å². The molecule has 0 aromatic rings. The van der Waals surface area contributed by atoms with Crippen LogP contribution < -0.4 is 0 Å². The fraction of sp³-hybridized carbons (Fsp3) is 0.818. The van der Waals surface area contributed by atoms with E-state index in [4.69, 9.17) is 4.74 Å². The smallest absolute Gasteiger partial charge is 0.411 e. The first kappa shape index (κ1) is 14.2. The Bertz CT molecular complexity index is 313. The zero-order chi connectivity index (χ0) is 13.2. The Morgan fingerprint density at radius 3 is 2.41 bits per heavy atom. The van der Waals surface area contributed by atoms with Gasteiger partial charge in [0.15, 0.2) is 0 Å². The lowest BCUT2D eigenvalue weighted by molar-refractivity contribution is -0.145. The van der Waals surface area contributed by atoms with Crippen LogP contribution in [0.4, 0.5) is 4.79 Å². The highest BCUT2D eigenvalue weighted by Gasteiger charge is 2.40. The molecule has 1 heterocycles. The van der Waals surface area contributed by atoms with Gasteiger partial charge in [0, 0.05) is 11.8 Å². The highest BCUT2D eigenvalue weighted by molar-refractivity contribution is 7.81. The Kier molecular flexibility index (Phi) is 4.30. The van der Waals surface area contributed by atoms with E-state index < -0.39 is 23.7 Å². The summed E-state index contributed by atoms with van der Waals surface area (Å²) in [5, 5.41) is -0.0216. The van der Waals surface area contributed by atoms with Crippen molar-refractivity contribution in [2.45, 2.75) is 44.1 Å². The number of carbonyl (C=O) groups excluding carboxylic acids is 2. The van der Waals surface area contributed by atoms with Gasteiger partial charge in [0.05, 0.1) is 7.11 Å². The number of esters is 1. The van der Waals surface area contributed by atoms with Crippen LogP contribution in [0.2, 0.25) is 0 Å². The van der Waals surface area contributed by atoms with Crippen molar-refractivity contribution in [1.82, 2.24) is 4.90 Å². The Balaban J connectivity index is 2.73. The second-order valence-electron chi connectivity index (χ2n) is 5.06. The van der Waals surface area contributed by atoms with Crippen LogP contribution in [-0.4, -0.2) is 47.5 Å². The molecule has 1 rings (SSSR count). The minimum Gasteiger partial charge on any atom is -0.467 e. The fourth-order valence-electron chi connectivity index (χ4n) is 1.70. The van der Waals surface area contributed by atoms with Gasteiger partial charge in [-0.1, -0.05) is 0 Å². The molecule has 1 fully saturated rings. The molecule has 1 saturated heterocycles. The Morgan fingerprint density at radius 2 is 1.94 bits per heavy atom. The zero-order valence-electron chi connectivity index (χ0n) is 10.6. The van der Waals surface area contributed by atoms with E-state index in [1.54, 1.807) is 20.8 Å². The van der Waals surface area contributed by atoms with Gasteiger partial charge in [-0.2, -0.15) is 12.6 Å². The number of likely N-dealkylation sites (tertiary alicyclic amines) is 1. The minimum atomic E-state index is -0.586. The third-order valence-electron chi connectivity index (χ3n) is 2.38. The number of nitrogens with zero attached hydrogens (tertiary/aromatic N) is 1. The van der Waals surface area contributed by atoms with Gasteiger partial charge in [-0.3, -0.25) is 4.90 Å². The van der Waals surface area contributed by atoms with Gasteiger partial charge in [0.2, 0.25) is 0 Å². The molecule has 17 heavy (non-hydrogen) atoms. The van der Waals surface area contributed by atoms with Crippen LogP contribution in [0, 0.1) is 0 Å². The van der Waals surface area contributed by atoms with Crippen LogP contribution in [0.5, 0.6) is 0 Å². The topological polar surface area (TPSA) is 55.8 Å². The molecule has 0 spiro atoms. The molecule has 0 aliphatic carbocycles. The van der Waals surface area contributed by atoms with Gasteiger partial charge in [-0.15, -0.1) is 0 Å². The monoisotopic (exact) mass is 261 g/mol. The summed E-state index contributed by atoms with van der Waals surface area (Å²) >= 11 is 4.29. The molecule has 0 saturated carbocycles. The number of methoxy groups -OCH3 is 1. The summed E-state index contributed by atoms with van der Waals surface area (Å²) in [6.45, 7) is 5.75. The molecule has 0 aromatic heterocycles. The standard InChI is InChI=1S/C11H19NO4S/c1-11(2,3)16-10(14)12-6-7(17)5-8(12)9(13)15-4/h7-8,17H,5-6H2,1-4H3. The van der Waals surface area contributed by atoms with E-state index in [0.717, 1.165) is 0 Å². The molecular weight excluding hydrogens is 242 g/mol. The molecule has 6 heteroatoms. The molecule has 2 atom stereocenters. The van der Waals surface area contributed by atoms with E-state index in [1.807, 2.05) is 0 Å². The molecule has 1 aliphatic rings. The van der Waals surface area contributed by atoms with Gasteiger partial charge in [0.1, 0.15) is 11.6 Å². The average Bonchev–Trinajstić information content (AvgIpc) is 2.56. The van der Waals surface area contributed by atoms with E-state index >= 15 is 0 Å². The number of ether oxygens (including phenoxy) is 2. The van der Waals surface area contributed by atoms with Crippen molar-refractivity contribution in [3.8, 4) is 0 Å². The van der Waals surface area contributed by atoms with Crippen LogP contribution in [0.1, 0.15) is 27.2 Å². The van der Waals surface area contributed by atoms with Crippen LogP contribution in [0.25, 0.3) is 0 Å². The Morgan fingerprint density at radius 1 is 1.35 bits per heavy atom. The number of rotatable bonds is 1. The highest BCUT2D eigenvalue weighted by atomic mass is 32.1. The molecule has 2 unspecified atom stereocenters. The quantitative estimate of drug-likeness (QED) is 0.573. The number of hydrogen-bond donors (Lipinski definition) is 1. The number of thiol groups is 1. The lowest BCUT2D eigenvalue weighted by Crippen LogP contribution is -2.43. The summed E-state index contributed by atoms with van der Waals surface area (Å²) in [5.41, 5.74) is -0.577. The van der Waals surface area contributed by atoms with Crippen molar-refractivity contribution in [1.29, 1.82) is 0 Å². The summed E-state index contributed by atoms with van der Waals surface area (Å²) in [4.78, 5) is 24.8. The second-order valence-corrected chi connectivity index (χ2v) is 5.79. The molecule has 0 N–H and O–H groups in total. The fourth-order valence-corrected chi connectivity index (χ4v) is 2.07. The molecule has 1 amide bonds. The van der Waals surface area contributed by atoms with E-state index in [-0.39, 0.29) is 5.25 Å². The molecule has 98 valence electrons. The van der Waals surface area contributed by atoms with Gasteiger partial charge in [-0.25, -0.2) is 9.59 Å². The number of hydrogen-bond acceptors (Lipinski definition) is 5. The largest absolute Gasteiger partial charge is 0.467 e. The molecule has 0 aromatic carbocycles. The second kappa shape index (κ2) is 5.16. The molecule has 5 nitrogen and oxygen atoms in total. The minimum absolute atomic E-state index is 0.0216. The van der Waals surface area contributed by atoms with Crippen molar-refractivity contribution in [2.24, 2.45) is 0 Å². The van der Waals surface area contributed by atoms with Crippen LogP contribution in [-0.2, 0) is 14.3 Å². The van der Waals surface area contributed by atoms with E-state index in [0.29, 0.717) is 13.0 Å². The van der Waals surface area contributed by atoms with Crippen molar-refractivity contribution >= 4 is 24.7 Å². The Hall–Kier alpha value is -0.910. The normalized spacial score (nSPS) is 24.6. The van der Waals surface area contributed by atoms with Gasteiger partial charge >= 0.3 is 12.1 Å². The molecule has 0 radical (unpaired) electrons. The van der Waals surface area contributed by atoms with Gasteiger partial charge < -0.3 is 9.47 Å². The Labute approximate surface area is 107 Å². The van der Waals surface area contributed by atoms with Crippen LogP contribution in [0.3, 0.4) is 0 Å². The third-order valence-corrected chi connectivity index (χ3v) is 2.75. The van der Waals surface area contributed by atoms with E-state index in [1.165, 1.54) is 12.0 Å². The van der Waals surface area contributed by atoms with E-state index in [2.05, 4.69) is 17.4 Å². The molecular formula is C11H19NO4S. The summed E-state index contributed by atoms with van der Waals surface area (Å²) in [6.07, 6.45) is -0.000813. The highest BCUT2D eigenvalue weighted by Crippen LogP contribution is 2.24.